The number of primary sulfonamides is 1. The van der Waals surface area contributed by atoms with Crippen LogP contribution in [0.2, 0.25) is 0 Å². The third kappa shape index (κ3) is 5.02. The fourth-order valence-electron chi connectivity index (χ4n) is 2.88. The van der Waals surface area contributed by atoms with Crippen molar-refractivity contribution in [1.29, 1.82) is 0 Å². The molecule has 112 valence electrons. The van der Waals surface area contributed by atoms with Crippen molar-refractivity contribution in [2.75, 3.05) is 32.2 Å². The Morgan fingerprint density at radius 2 is 1.95 bits per heavy atom. The first kappa shape index (κ1) is 15.2. The highest BCUT2D eigenvalue weighted by atomic mass is 32.2. The van der Waals surface area contributed by atoms with Gasteiger partial charge in [0.15, 0.2) is 0 Å². The minimum Gasteiger partial charge on any atom is -0.381 e. The summed E-state index contributed by atoms with van der Waals surface area (Å²) in [6.45, 7) is 2.42. The Hall–Kier alpha value is -0.170. The molecule has 1 heterocycles. The summed E-state index contributed by atoms with van der Waals surface area (Å²) in [6.07, 6.45) is 6.51. The van der Waals surface area contributed by atoms with Gasteiger partial charge in [-0.3, -0.25) is 0 Å². The number of nitrogens with two attached hydrogens (primary N) is 1. The van der Waals surface area contributed by atoms with E-state index in [2.05, 4.69) is 0 Å². The molecule has 2 rings (SSSR count). The lowest BCUT2D eigenvalue weighted by Crippen LogP contribution is -2.42. The molecule has 0 unspecified atom stereocenters. The molecule has 6 heteroatoms. The highest BCUT2D eigenvalue weighted by Gasteiger charge is 2.36. The van der Waals surface area contributed by atoms with Crippen LogP contribution in [0.15, 0.2) is 0 Å². The lowest BCUT2D eigenvalue weighted by Gasteiger charge is -2.36. The van der Waals surface area contributed by atoms with Crippen LogP contribution in [0.25, 0.3) is 0 Å². The first-order valence-corrected chi connectivity index (χ1v) is 8.87. The molecule has 1 saturated carbocycles. The van der Waals surface area contributed by atoms with Crippen molar-refractivity contribution >= 4 is 10.0 Å². The molecule has 19 heavy (non-hydrogen) atoms. The van der Waals surface area contributed by atoms with Crippen LogP contribution in [-0.4, -0.2) is 40.6 Å². The molecular weight excluding hydrogens is 266 g/mol. The molecule has 0 amide bonds. The molecule has 1 aliphatic heterocycles. The van der Waals surface area contributed by atoms with Crippen LogP contribution in [-0.2, 0) is 19.5 Å². The van der Waals surface area contributed by atoms with Gasteiger partial charge in [0, 0.05) is 25.2 Å². The van der Waals surface area contributed by atoms with E-state index in [-0.39, 0.29) is 11.2 Å². The fourth-order valence-corrected chi connectivity index (χ4v) is 4.11. The normalized spacial score (nSPS) is 24.1. The van der Waals surface area contributed by atoms with Crippen LogP contribution in [0, 0.1) is 11.3 Å². The van der Waals surface area contributed by atoms with Crippen LogP contribution < -0.4 is 5.14 Å². The van der Waals surface area contributed by atoms with Gasteiger partial charge in [-0.1, -0.05) is 19.3 Å². The smallest absolute Gasteiger partial charge is 0.209 e. The monoisotopic (exact) mass is 291 g/mol. The average Bonchev–Trinajstić information content (AvgIpc) is 2.25. The predicted molar refractivity (Wildman–Crippen MR) is 73.2 cm³/mol. The van der Waals surface area contributed by atoms with Crippen molar-refractivity contribution in [2.45, 2.75) is 38.5 Å². The largest absolute Gasteiger partial charge is 0.381 e. The maximum atomic E-state index is 11.4. The van der Waals surface area contributed by atoms with Gasteiger partial charge in [-0.25, -0.2) is 13.6 Å². The summed E-state index contributed by atoms with van der Waals surface area (Å²) in [6, 6.07) is 0. The molecule has 5 nitrogen and oxygen atoms in total. The van der Waals surface area contributed by atoms with E-state index in [1.165, 1.54) is 19.3 Å². The number of rotatable bonds is 7. The van der Waals surface area contributed by atoms with E-state index in [1.54, 1.807) is 0 Å². The molecule has 0 bridgehead atoms. The third-order valence-electron chi connectivity index (χ3n) is 4.36. The predicted octanol–water partition coefficient (Wildman–Crippen LogP) is 1.28. The van der Waals surface area contributed by atoms with Gasteiger partial charge in [0.25, 0.3) is 0 Å². The van der Waals surface area contributed by atoms with Crippen molar-refractivity contribution < 1.29 is 17.9 Å². The Morgan fingerprint density at radius 3 is 2.47 bits per heavy atom. The lowest BCUT2D eigenvalue weighted by molar-refractivity contribution is -0.0315. The summed E-state index contributed by atoms with van der Waals surface area (Å²) in [5, 5.41) is 5.21. The van der Waals surface area contributed by atoms with Crippen molar-refractivity contribution in [3.8, 4) is 0 Å². The number of sulfonamides is 1. The SMILES string of the molecule is NS(=O)(=O)CC1(COCCC2CCC2)CCOCC1. The van der Waals surface area contributed by atoms with Gasteiger partial charge in [-0.15, -0.1) is 0 Å². The second kappa shape index (κ2) is 6.52. The molecule has 0 aromatic heterocycles. The highest BCUT2D eigenvalue weighted by molar-refractivity contribution is 7.89. The standard InChI is InChI=1S/C13H25NO4S/c14-19(15,16)11-13(5-8-17-9-6-13)10-18-7-4-12-2-1-3-12/h12H,1-11H2,(H2,14,15,16). The van der Waals surface area contributed by atoms with E-state index in [9.17, 15) is 8.42 Å². The molecule has 0 spiro atoms. The Balaban J connectivity index is 1.79. The third-order valence-corrected chi connectivity index (χ3v) is 5.38. The van der Waals surface area contributed by atoms with E-state index >= 15 is 0 Å². The molecule has 0 aromatic carbocycles. The second-order valence-electron chi connectivity index (χ2n) is 6.06. The molecule has 2 aliphatic rings. The molecule has 0 radical (unpaired) electrons. The topological polar surface area (TPSA) is 78.6 Å². The second-order valence-corrected chi connectivity index (χ2v) is 7.67. The zero-order chi connectivity index (χ0) is 13.8. The van der Waals surface area contributed by atoms with Crippen molar-refractivity contribution in [3.63, 3.8) is 0 Å². The number of hydrogen-bond donors (Lipinski definition) is 1. The van der Waals surface area contributed by atoms with Gasteiger partial charge in [-0.2, -0.15) is 0 Å². The Kier molecular flexibility index (Phi) is 5.22. The average molecular weight is 291 g/mol. The first-order chi connectivity index (χ1) is 8.99. The van der Waals surface area contributed by atoms with Gasteiger partial charge in [0.2, 0.25) is 10.0 Å². The molecule has 0 aromatic rings. The van der Waals surface area contributed by atoms with Gasteiger partial charge in [0.05, 0.1) is 12.4 Å². The van der Waals surface area contributed by atoms with Gasteiger partial charge in [0.1, 0.15) is 0 Å². The van der Waals surface area contributed by atoms with Crippen LogP contribution in [0.1, 0.15) is 38.5 Å². The zero-order valence-electron chi connectivity index (χ0n) is 11.5. The zero-order valence-corrected chi connectivity index (χ0v) is 12.3. The van der Waals surface area contributed by atoms with Crippen LogP contribution in [0.5, 0.6) is 0 Å². The van der Waals surface area contributed by atoms with E-state index in [4.69, 9.17) is 14.6 Å². The molecule has 1 saturated heterocycles. The van der Waals surface area contributed by atoms with Gasteiger partial charge < -0.3 is 9.47 Å². The minimum atomic E-state index is -3.46. The van der Waals surface area contributed by atoms with E-state index in [1.807, 2.05) is 0 Å². The van der Waals surface area contributed by atoms with E-state index in [0.717, 1.165) is 18.9 Å². The summed E-state index contributed by atoms with van der Waals surface area (Å²) in [7, 11) is -3.46. The fraction of sp³-hybridized carbons (Fsp3) is 1.00. The molecule has 1 aliphatic carbocycles. The number of hydrogen-bond acceptors (Lipinski definition) is 4. The summed E-state index contributed by atoms with van der Waals surface area (Å²) < 4.78 is 33.8. The summed E-state index contributed by atoms with van der Waals surface area (Å²) in [4.78, 5) is 0. The molecule has 2 fully saturated rings. The Labute approximate surface area is 115 Å². The number of ether oxygens (including phenoxy) is 2. The first-order valence-electron chi connectivity index (χ1n) is 7.15. The van der Waals surface area contributed by atoms with Crippen LogP contribution in [0.4, 0.5) is 0 Å². The maximum absolute atomic E-state index is 11.4. The van der Waals surface area contributed by atoms with E-state index in [0.29, 0.717) is 32.7 Å². The lowest BCUT2D eigenvalue weighted by atomic mass is 9.82. The maximum Gasteiger partial charge on any atom is 0.209 e. The Bertz CT molecular complexity index is 372. The van der Waals surface area contributed by atoms with Gasteiger partial charge in [-0.05, 0) is 25.2 Å². The van der Waals surface area contributed by atoms with Crippen molar-refractivity contribution in [3.05, 3.63) is 0 Å². The van der Waals surface area contributed by atoms with Crippen LogP contribution in [0.3, 0.4) is 0 Å². The summed E-state index contributed by atoms with van der Waals surface area (Å²) >= 11 is 0. The molecule has 2 N–H and O–H groups in total. The van der Waals surface area contributed by atoms with Crippen molar-refractivity contribution in [1.82, 2.24) is 0 Å². The Morgan fingerprint density at radius 1 is 1.26 bits per heavy atom. The summed E-state index contributed by atoms with van der Waals surface area (Å²) in [5.74, 6) is 0.830. The summed E-state index contributed by atoms with van der Waals surface area (Å²) in [5.41, 5.74) is -0.342. The van der Waals surface area contributed by atoms with Crippen molar-refractivity contribution in [2.24, 2.45) is 16.5 Å². The molecular formula is C13H25NO4S. The van der Waals surface area contributed by atoms with Gasteiger partial charge >= 0.3 is 0 Å². The molecule has 0 atom stereocenters. The van der Waals surface area contributed by atoms with Crippen LogP contribution >= 0.6 is 0 Å². The van der Waals surface area contributed by atoms with E-state index < -0.39 is 10.0 Å². The minimum absolute atomic E-state index is 0.00673. The quantitative estimate of drug-likeness (QED) is 0.717. The highest BCUT2D eigenvalue weighted by Crippen LogP contribution is 2.33.